The van der Waals surface area contributed by atoms with Gasteiger partial charge in [0.2, 0.25) is 5.91 Å². The van der Waals surface area contributed by atoms with E-state index in [9.17, 15) is 14.4 Å². The molecule has 0 aromatic heterocycles. The van der Waals surface area contributed by atoms with Crippen LogP contribution >= 0.6 is 0 Å². The molecule has 0 aliphatic rings. The van der Waals surface area contributed by atoms with E-state index in [1.807, 2.05) is 0 Å². The summed E-state index contributed by atoms with van der Waals surface area (Å²) in [5.41, 5.74) is 0. The molecule has 0 radical (unpaired) electrons. The number of aliphatic carboxylic acids is 1. The molecule has 0 heterocycles. The number of carboxylic acids is 1. The van der Waals surface area contributed by atoms with E-state index in [1.54, 1.807) is 7.11 Å². The van der Waals surface area contributed by atoms with Gasteiger partial charge in [-0.2, -0.15) is 0 Å². The lowest BCUT2D eigenvalue weighted by atomic mass is 10.3. The summed E-state index contributed by atoms with van der Waals surface area (Å²) in [4.78, 5) is 35.0. The Morgan fingerprint density at radius 1 is 1.05 bits per heavy atom. The summed E-state index contributed by atoms with van der Waals surface area (Å²) in [6.45, 7) is 1.63. The number of methoxy groups -OCH3 is 2. The highest BCUT2D eigenvalue weighted by Gasteiger charge is 2.16. The minimum atomic E-state index is -1.08. The second-order valence-corrected chi connectivity index (χ2v) is 4.07. The number of hydrogen-bond donors (Lipinski definition) is 2. The molecule has 8 nitrogen and oxygen atoms in total. The number of imide groups is 1. The summed E-state index contributed by atoms with van der Waals surface area (Å²) < 4.78 is 9.80. The van der Waals surface area contributed by atoms with Crippen LogP contribution in [0.25, 0.3) is 0 Å². The molecule has 0 fully saturated rings. The third kappa shape index (κ3) is 9.29. The van der Waals surface area contributed by atoms with Crippen molar-refractivity contribution >= 4 is 17.9 Å². The maximum atomic E-state index is 11.8. The second-order valence-electron chi connectivity index (χ2n) is 4.07. The Balaban J connectivity index is 4.22. The molecular weight excluding hydrogens is 268 g/mol. The molecule has 0 aliphatic heterocycles. The maximum absolute atomic E-state index is 11.8. The molecule has 0 saturated heterocycles. The summed E-state index contributed by atoms with van der Waals surface area (Å²) in [6, 6.07) is -0.548. The highest BCUT2D eigenvalue weighted by molar-refractivity contribution is 5.95. The van der Waals surface area contributed by atoms with E-state index in [0.29, 0.717) is 32.7 Å². The van der Waals surface area contributed by atoms with Crippen LogP contribution in [0.15, 0.2) is 0 Å². The van der Waals surface area contributed by atoms with E-state index in [4.69, 9.17) is 14.6 Å². The first kappa shape index (κ1) is 18.3. The normalized spacial score (nSPS) is 10.1. The third-order valence-electron chi connectivity index (χ3n) is 2.44. The van der Waals surface area contributed by atoms with Gasteiger partial charge in [0.05, 0.1) is 13.0 Å². The molecular formula is C12H22N2O6. The first-order chi connectivity index (χ1) is 9.51. The molecule has 20 heavy (non-hydrogen) atoms. The number of carbonyl (C=O) groups is 3. The van der Waals surface area contributed by atoms with E-state index in [1.165, 1.54) is 12.0 Å². The van der Waals surface area contributed by atoms with Gasteiger partial charge in [0.1, 0.15) is 0 Å². The molecule has 8 heteroatoms. The van der Waals surface area contributed by atoms with E-state index < -0.39 is 17.9 Å². The van der Waals surface area contributed by atoms with E-state index >= 15 is 0 Å². The van der Waals surface area contributed by atoms with Crippen LogP contribution in [0.2, 0.25) is 0 Å². The maximum Gasteiger partial charge on any atom is 0.324 e. The largest absolute Gasteiger partial charge is 0.481 e. The molecule has 0 saturated carbocycles. The zero-order chi connectivity index (χ0) is 15.4. The smallest absolute Gasteiger partial charge is 0.324 e. The van der Waals surface area contributed by atoms with Crippen LogP contribution in [-0.2, 0) is 19.1 Å². The van der Waals surface area contributed by atoms with Gasteiger partial charge in [0.25, 0.3) is 0 Å². The quantitative estimate of drug-likeness (QED) is 0.552. The van der Waals surface area contributed by atoms with Crippen molar-refractivity contribution in [2.24, 2.45) is 0 Å². The lowest BCUT2D eigenvalue weighted by molar-refractivity contribution is -0.138. The Morgan fingerprint density at radius 2 is 1.70 bits per heavy atom. The van der Waals surface area contributed by atoms with Crippen molar-refractivity contribution in [1.29, 1.82) is 0 Å². The Labute approximate surface area is 118 Å². The average Bonchev–Trinajstić information content (AvgIpc) is 2.40. The van der Waals surface area contributed by atoms with Crippen molar-refractivity contribution in [2.75, 3.05) is 40.5 Å². The molecule has 0 aromatic carbocycles. The fourth-order valence-corrected chi connectivity index (χ4v) is 1.40. The van der Waals surface area contributed by atoms with Gasteiger partial charge in [0.15, 0.2) is 0 Å². The van der Waals surface area contributed by atoms with Crippen molar-refractivity contribution in [3.8, 4) is 0 Å². The monoisotopic (exact) mass is 290 g/mol. The van der Waals surface area contributed by atoms with Crippen LogP contribution in [0.5, 0.6) is 0 Å². The van der Waals surface area contributed by atoms with Crippen LogP contribution < -0.4 is 5.32 Å². The fourth-order valence-electron chi connectivity index (χ4n) is 1.40. The van der Waals surface area contributed by atoms with Gasteiger partial charge in [0, 0.05) is 40.3 Å². The number of ether oxygens (including phenoxy) is 2. The zero-order valence-electron chi connectivity index (χ0n) is 11.9. The van der Waals surface area contributed by atoms with Crippen LogP contribution in [0.4, 0.5) is 4.79 Å². The van der Waals surface area contributed by atoms with Crippen molar-refractivity contribution in [2.45, 2.75) is 19.3 Å². The second kappa shape index (κ2) is 11.2. The minimum Gasteiger partial charge on any atom is -0.481 e. The van der Waals surface area contributed by atoms with E-state index in [-0.39, 0.29) is 12.8 Å². The van der Waals surface area contributed by atoms with Gasteiger partial charge in [-0.1, -0.05) is 0 Å². The Kier molecular flexibility index (Phi) is 10.2. The summed E-state index contributed by atoms with van der Waals surface area (Å²) in [5, 5.41) is 10.6. The molecule has 116 valence electrons. The lowest BCUT2D eigenvalue weighted by Crippen LogP contribution is -2.45. The average molecular weight is 290 g/mol. The highest BCUT2D eigenvalue weighted by atomic mass is 16.5. The van der Waals surface area contributed by atoms with Gasteiger partial charge < -0.3 is 19.5 Å². The van der Waals surface area contributed by atoms with Crippen molar-refractivity contribution in [1.82, 2.24) is 10.2 Å². The Hall–Kier alpha value is -1.67. The van der Waals surface area contributed by atoms with Crippen LogP contribution in [0.1, 0.15) is 19.3 Å². The molecule has 0 atom stereocenters. The summed E-state index contributed by atoms with van der Waals surface area (Å²) in [5.74, 6) is -1.68. The molecule has 3 amide bonds. The SMILES string of the molecule is COCCCN(CCOC)C(=O)NC(=O)CCC(=O)O. The predicted molar refractivity (Wildman–Crippen MR) is 70.4 cm³/mol. The first-order valence-electron chi connectivity index (χ1n) is 6.29. The predicted octanol–water partition coefficient (Wildman–Crippen LogP) is 0.0723. The highest BCUT2D eigenvalue weighted by Crippen LogP contribution is 1.96. The topological polar surface area (TPSA) is 105 Å². The lowest BCUT2D eigenvalue weighted by Gasteiger charge is -2.22. The number of hydrogen-bond acceptors (Lipinski definition) is 5. The standard InChI is InChI=1S/C12H22N2O6/c1-19-8-3-6-14(7-9-20-2)12(18)13-10(15)4-5-11(16)17/h3-9H2,1-2H3,(H,16,17)(H,13,15,18). The van der Waals surface area contributed by atoms with E-state index in [2.05, 4.69) is 5.32 Å². The van der Waals surface area contributed by atoms with Crippen molar-refractivity contribution < 1.29 is 29.0 Å². The number of amides is 3. The Morgan fingerprint density at radius 3 is 2.25 bits per heavy atom. The Bertz CT molecular complexity index is 321. The number of nitrogens with one attached hydrogen (secondary N) is 1. The van der Waals surface area contributed by atoms with Gasteiger partial charge >= 0.3 is 12.0 Å². The van der Waals surface area contributed by atoms with E-state index in [0.717, 1.165) is 0 Å². The van der Waals surface area contributed by atoms with Gasteiger partial charge in [-0.05, 0) is 6.42 Å². The molecule has 0 rings (SSSR count). The molecule has 0 spiro atoms. The summed E-state index contributed by atoms with van der Waals surface area (Å²) >= 11 is 0. The van der Waals surface area contributed by atoms with Crippen molar-refractivity contribution in [3.05, 3.63) is 0 Å². The molecule has 0 aromatic rings. The minimum absolute atomic E-state index is 0.225. The number of carbonyl (C=O) groups excluding carboxylic acids is 2. The molecule has 0 aliphatic carbocycles. The summed E-state index contributed by atoms with van der Waals surface area (Å²) in [7, 11) is 3.08. The van der Waals surface area contributed by atoms with Gasteiger partial charge in [-0.25, -0.2) is 4.79 Å². The van der Waals surface area contributed by atoms with Gasteiger partial charge in [-0.3, -0.25) is 14.9 Å². The van der Waals surface area contributed by atoms with Crippen molar-refractivity contribution in [3.63, 3.8) is 0 Å². The zero-order valence-corrected chi connectivity index (χ0v) is 11.9. The number of urea groups is 1. The van der Waals surface area contributed by atoms with Crippen LogP contribution in [-0.4, -0.2) is 68.4 Å². The first-order valence-corrected chi connectivity index (χ1v) is 6.29. The molecule has 0 bridgehead atoms. The molecule has 2 N–H and O–H groups in total. The number of nitrogens with zero attached hydrogens (tertiary/aromatic N) is 1. The fraction of sp³-hybridized carbons (Fsp3) is 0.750. The summed E-state index contributed by atoms with van der Waals surface area (Å²) in [6.07, 6.45) is 0.106. The van der Waals surface area contributed by atoms with Gasteiger partial charge in [-0.15, -0.1) is 0 Å². The third-order valence-corrected chi connectivity index (χ3v) is 2.44. The number of rotatable bonds is 10. The van der Waals surface area contributed by atoms with Crippen LogP contribution in [0.3, 0.4) is 0 Å². The van der Waals surface area contributed by atoms with Crippen LogP contribution in [0, 0.1) is 0 Å². The number of carboxylic acid groups (broad SMARTS) is 1. The molecule has 0 unspecified atom stereocenters.